The normalized spacial score (nSPS) is 11.8. The van der Waals surface area contributed by atoms with E-state index in [0.29, 0.717) is 22.1 Å². The van der Waals surface area contributed by atoms with Crippen LogP contribution in [0.1, 0.15) is 0 Å². The van der Waals surface area contributed by atoms with Crippen molar-refractivity contribution in [3.63, 3.8) is 0 Å². The van der Waals surface area contributed by atoms with Crippen LogP contribution in [0.4, 0.5) is 0 Å². The Hall–Kier alpha value is -0.980. The van der Waals surface area contributed by atoms with E-state index in [0.717, 1.165) is 22.8 Å². The lowest BCUT2D eigenvalue weighted by Crippen LogP contribution is -1.91. The first kappa shape index (κ1) is 13.7. The molecular weight excluding hydrogens is 374 g/mol. The maximum absolute atomic E-state index is 6.20. The molecule has 4 aromatic rings. The zero-order valence-electron chi connectivity index (χ0n) is 9.86. The van der Waals surface area contributed by atoms with Crippen molar-refractivity contribution in [3.05, 3.63) is 32.2 Å². The average molecular weight is 376 g/mol. The zero-order chi connectivity index (χ0) is 14.7. The van der Waals surface area contributed by atoms with E-state index >= 15 is 0 Å². The highest BCUT2D eigenvalue weighted by atomic mass is 35.5. The Balaban J connectivity index is 2.24. The van der Waals surface area contributed by atoms with Crippen molar-refractivity contribution in [2.45, 2.75) is 0 Å². The first-order valence-electron chi connectivity index (χ1n) is 5.62. The maximum Gasteiger partial charge on any atom is 0.111 e. The lowest BCUT2D eigenvalue weighted by atomic mass is 10.2. The van der Waals surface area contributed by atoms with Gasteiger partial charge in [-0.2, -0.15) is 8.75 Å². The molecule has 0 aliphatic carbocycles. The molecule has 2 heterocycles. The number of hydrogen-bond donors (Lipinski definition) is 0. The summed E-state index contributed by atoms with van der Waals surface area (Å²) < 4.78 is 8.35. The number of hydrogen-bond acceptors (Lipinski definition) is 5. The summed E-state index contributed by atoms with van der Waals surface area (Å²) in [5.41, 5.74) is 3.60. The smallest absolute Gasteiger partial charge is 0.111 e. The number of fused-ring (bicyclic) bond motifs is 3. The van der Waals surface area contributed by atoms with E-state index in [-0.39, 0.29) is 20.1 Å². The molecule has 2 aromatic heterocycles. The summed E-state index contributed by atoms with van der Waals surface area (Å²) in [5, 5.41) is 0.792. The van der Waals surface area contributed by atoms with E-state index in [4.69, 9.17) is 46.4 Å². The van der Waals surface area contributed by atoms with Crippen LogP contribution in [-0.4, -0.2) is 18.7 Å². The molecule has 0 atom stereocenters. The zero-order valence-corrected chi connectivity index (χ0v) is 13.7. The van der Waals surface area contributed by atoms with Gasteiger partial charge >= 0.3 is 0 Å². The average Bonchev–Trinajstić information content (AvgIpc) is 2.94. The molecular formula is C12H2Cl4N4S. The molecule has 0 N–H and O–H groups in total. The molecule has 0 radical (unpaired) electrons. The van der Waals surface area contributed by atoms with Crippen molar-refractivity contribution < 1.29 is 0 Å². The molecule has 4 nitrogen and oxygen atoms in total. The number of benzene rings is 2. The van der Waals surface area contributed by atoms with Crippen LogP contribution in [0, 0.1) is 0 Å². The summed E-state index contributed by atoms with van der Waals surface area (Å²) in [7, 11) is 0. The first-order valence-corrected chi connectivity index (χ1v) is 7.86. The van der Waals surface area contributed by atoms with Crippen LogP contribution in [0.25, 0.3) is 33.1 Å². The predicted molar refractivity (Wildman–Crippen MR) is 88.1 cm³/mol. The predicted octanol–water partition coefficient (Wildman–Crippen LogP) is 5.40. The largest absolute Gasteiger partial charge is 0.243 e. The van der Waals surface area contributed by atoms with Gasteiger partial charge in [0.25, 0.3) is 0 Å². The molecule has 0 bridgehead atoms. The van der Waals surface area contributed by atoms with Gasteiger partial charge in [-0.1, -0.05) is 46.4 Å². The van der Waals surface area contributed by atoms with E-state index in [1.165, 1.54) is 0 Å². The fourth-order valence-electron chi connectivity index (χ4n) is 2.04. The van der Waals surface area contributed by atoms with Crippen LogP contribution >= 0.6 is 58.1 Å². The summed E-state index contributed by atoms with van der Waals surface area (Å²) >= 11 is 25.6. The highest BCUT2D eigenvalue weighted by Crippen LogP contribution is 2.42. The van der Waals surface area contributed by atoms with Gasteiger partial charge in [0.1, 0.15) is 22.1 Å². The molecule has 0 fully saturated rings. The highest BCUT2D eigenvalue weighted by Gasteiger charge is 2.18. The fourth-order valence-corrected chi connectivity index (χ4v) is 3.47. The van der Waals surface area contributed by atoms with E-state index in [1.54, 1.807) is 12.1 Å². The topological polar surface area (TPSA) is 51.6 Å². The van der Waals surface area contributed by atoms with Crippen LogP contribution in [0.5, 0.6) is 0 Å². The Morgan fingerprint density at radius 3 is 1.48 bits per heavy atom. The summed E-state index contributed by atoms with van der Waals surface area (Å²) in [5.74, 6) is 0. The molecule has 0 aliphatic rings. The molecule has 2 aromatic carbocycles. The lowest BCUT2D eigenvalue weighted by Gasteiger charge is -2.08. The van der Waals surface area contributed by atoms with Crippen molar-refractivity contribution in [2.75, 3.05) is 0 Å². The summed E-state index contributed by atoms with van der Waals surface area (Å²) in [6.07, 6.45) is 0. The van der Waals surface area contributed by atoms with Gasteiger partial charge < -0.3 is 0 Å². The Morgan fingerprint density at radius 1 is 0.619 bits per heavy atom. The third kappa shape index (κ3) is 1.96. The van der Waals surface area contributed by atoms with Gasteiger partial charge in [-0.25, -0.2) is 9.97 Å². The Bertz CT molecular complexity index is 965. The van der Waals surface area contributed by atoms with Crippen molar-refractivity contribution in [3.8, 4) is 0 Å². The highest BCUT2D eigenvalue weighted by molar-refractivity contribution is 7.00. The quantitative estimate of drug-likeness (QED) is 0.234. The van der Waals surface area contributed by atoms with Crippen LogP contribution < -0.4 is 0 Å². The van der Waals surface area contributed by atoms with E-state index in [1.807, 2.05) is 0 Å². The summed E-state index contributed by atoms with van der Waals surface area (Å²) in [4.78, 5) is 8.97. The van der Waals surface area contributed by atoms with Gasteiger partial charge in [0.2, 0.25) is 0 Å². The van der Waals surface area contributed by atoms with Crippen molar-refractivity contribution in [2.24, 2.45) is 0 Å². The maximum atomic E-state index is 6.20. The van der Waals surface area contributed by atoms with E-state index in [9.17, 15) is 0 Å². The summed E-state index contributed by atoms with van der Waals surface area (Å²) in [6.45, 7) is 0. The third-order valence-electron chi connectivity index (χ3n) is 3.03. The molecule has 104 valence electrons. The van der Waals surface area contributed by atoms with Crippen molar-refractivity contribution >= 4 is 91.2 Å². The number of halogens is 4. The van der Waals surface area contributed by atoms with Gasteiger partial charge in [-0.3, -0.25) is 0 Å². The van der Waals surface area contributed by atoms with Crippen molar-refractivity contribution in [1.82, 2.24) is 18.7 Å². The Morgan fingerprint density at radius 2 is 1.05 bits per heavy atom. The minimum Gasteiger partial charge on any atom is -0.243 e. The number of rotatable bonds is 0. The van der Waals surface area contributed by atoms with Crippen LogP contribution in [-0.2, 0) is 0 Å². The molecule has 0 aliphatic heterocycles. The number of nitrogens with zero attached hydrogens (tertiary/aromatic N) is 4. The molecule has 21 heavy (non-hydrogen) atoms. The monoisotopic (exact) mass is 374 g/mol. The second kappa shape index (κ2) is 4.76. The minimum absolute atomic E-state index is 0.167. The molecule has 4 rings (SSSR count). The minimum atomic E-state index is 0.167. The molecule has 0 unspecified atom stereocenters. The Kier molecular flexibility index (Phi) is 3.10. The lowest BCUT2D eigenvalue weighted by molar-refractivity contribution is 1.40. The Labute approximate surface area is 141 Å². The third-order valence-corrected chi connectivity index (χ3v) is 5.37. The van der Waals surface area contributed by atoms with E-state index < -0.39 is 0 Å². The van der Waals surface area contributed by atoms with Gasteiger partial charge in [0, 0.05) is 0 Å². The molecule has 0 spiro atoms. The second-order valence-electron chi connectivity index (χ2n) is 4.27. The van der Waals surface area contributed by atoms with Gasteiger partial charge in [0.15, 0.2) is 0 Å². The number of aromatic nitrogens is 4. The van der Waals surface area contributed by atoms with Crippen LogP contribution in [0.2, 0.25) is 20.1 Å². The van der Waals surface area contributed by atoms with Crippen LogP contribution in [0.15, 0.2) is 12.1 Å². The molecule has 9 heteroatoms. The summed E-state index contributed by atoms with van der Waals surface area (Å²) in [6, 6.07) is 3.60. The van der Waals surface area contributed by atoms with E-state index in [2.05, 4.69) is 18.7 Å². The second-order valence-corrected chi connectivity index (χ2v) is 6.31. The SMILES string of the molecule is Clc1c(Cl)c(Cl)c2nc3cc4nsnc4cc3nc2c1Cl. The van der Waals surface area contributed by atoms with Gasteiger partial charge in [0.05, 0.1) is 42.9 Å². The molecule has 0 amide bonds. The van der Waals surface area contributed by atoms with Gasteiger partial charge in [-0.15, -0.1) is 0 Å². The standard InChI is InChI=1S/C12H2Cl4N4S/c13-7-8(14)10(16)12-11(9(7)15)17-3-1-5-6(20-21-19-5)2-4(3)18-12/h1-2H. The van der Waals surface area contributed by atoms with Gasteiger partial charge in [-0.05, 0) is 12.1 Å². The molecule has 0 saturated heterocycles. The van der Waals surface area contributed by atoms with Crippen molar-refractivity contribution in [1.29, 1.82) is 0 Å². The fraction of sp³-hybridized carbons (Fsp3) is 0. The first-order chi connectivity index (χ1) is 10.1. The van der Waals surface area contributed by atoms with Crippen LogP contribution in [0.3, 0.4) is 0 Å². The molecule has 0 saturated carbocycles.